The first-order valence-electron chi connectivity index (χ1n) is 9.60. The first-order chi connectivity index (χ1) is 14.9. The van der Waals surface area contributed by atoms with Crippen LogP contribution in [0.5, 0.6) is 5.75 Å². The molecule has 160 valence electrons. The maximum Gasteiger partial charge on any atom is 0.339 e. The van der Waals surface area contributed by atoms with Crippen molar-refractivity contribution in [1.29, 1.82) is 0 Å². The molecule has 3 aromatic carbocycles. The minimum Gasteiger partial charge on any atom is -0.482 e. The molecule has 0 radical (unpaired) electrons. The van der Waals surface area contributed by atoms with E-state index >= 15 is 0 Å². The van der Waals surface area contributed by atoms with Crippen molar-refractivity contribution in [2.24, 2.45) is 0 Å². The molecule has 0 fully saturated rings. The number of benzene rings is 3. The van der Waals surface area contributed by atoms with Gasteiger partial charge < -0.3 is 14.7 Å². The summed E-state index contributed by atoms with van der Waals surface area (Å²) in [4.78, 5) is 26.4. The number of carbonyl (C=O) groups excluding carboxylic acids is 1. The molecular weight excluding hydrogens is 482 g/mol. The summed E-state index contributed by atoms with van der Waals surface area (Å²) in [7, 11) is 0. The summed E-state index contributed by atoms with van der Waals surface area (Å²) in [5, 5.41) is 10.0. The Morgan fingerprint density at radius 3 is 2.35 bits per heavy atom. The van der Waals surface area contributed by atoms with Crippen LogP contribution in [0.4, 0.5) is 0 Å². The van der Waals surface area contributed by atoms with Crippen LogP contribution in [0.3, 0.4) is 0 Å². The van der Waals surface area contributed by atoms with E-state index in [0.29, 0.717) is 16.0 Å². The number of carboxylic acids is 1. The Kier molecular flexibility index (Phi) is 7.71. The second-order valence-corrected chi connectivity index (χ2v) is 8.24. The van der Waals surface area contributed by atoms with Gasteiger partial charge in [-0.25, -0.2) is 4.79 Å². The number of para-hydroxylation sites is 1. The quantitative estimate of drug-likeness (QED) is 0.412. The third kappa shape index (κ3) is 5.87. The molecule has 3 rings (SSSR count). The monoisotopic (exact) mass is 501 g/mol. The molecule has 0 aromatic heterocycles. The number of amides is 1. The summed E-state index contributed by atoms with van der Waals surface area (Å²) >= 11 is 9.29. The van der Waals surface area contributed by atoms with Crippen LogP contribution in [-0.4, -0.2) is 28.5 Å². The highest BCUT2D eigenvalue weighted by Crippen LogP contribution is 2.30. The van der Waals surface area contributed by atoms with E-state index in [9.17, 15) is 14.7 Å². The predicted octanol–water partition coefficient (Wildman–Crippen LogP) is 5.97. The van der Waals surface area contributed by atoms with E-state index in [-0.39, 0.29) is 29.9 Å². The van der Waals surface area contributed by atoms with Crippen LogP contribution < -0.4 is 4.74 Å². The van der Waals surface area contributed by atoms with Crippen molar-refractivity contribution in [2.75, 3.05) is 6.61 Å². The maximum absolute atomic E-state index is 13.2. The van der Waals surface area contributed by atoms with Crippen molar-refractivity contribution >= 4 is 39.4 Å². The van der Waals surface area contributed by atoms with E-state index in [1.807, 2.05) is 49.4 Å². The lowest BCUT2D eigenvalue weighted by Crippen LogP contribution is -2.36. The van der Waals surface area contributed by atoms with Crippen LogP contribution in [0.25, 0.3) is 0 Å². The standard InChI is InChI=1S/C24H21BrClNO4/c1-16(18-6-3-2-4-7-18)27(14-17-10-12-19(26)13-11-17)22(28)15-31-23-20(24(29)30)8-5-9-21(23)25/h2-13,16H,14-15H2,1H3,(H,29,30)/t16-/m1/s1. The minimum absolute atomic E-state index is 0.0115. The molecule has 5 nitrogen and oxygen atoms in total. The van der Waals surface area contributed by atoms with E-state index in [1.54, 1.807) is 29.2 Å². The summed E-state index contributed by atoms with van der Waals surface area (Å²) in [6, 6.07) is 21.5. The zero-order valence-corrected chi connectivity index (χ0v) is 19.1. The van der Waals surface area contributed by atoms with Crippen LogP contribution in [-0.2, 0) is 11.3 Å². The van der Waals surface area contributed by atoms with E-state index in [1.165, 1.54) is 6.07 Å². The highest BCUT2D eigenvalue weighted by Gasteiger charge is 2.24. The molecule has 1 N–H and O–H groups in total. The maximum atomic E-state index is 13.2. The lowest BCUT2D eigenvalue weighted by molar-refractivity contribution is -0.136. The van der Waals surface area contributed by atoms with Crippen LogP contribution >= 0.6 is 27.5 Å². The van der Waals surface area contributed by atoms with Gasteiger partial charge in [0.1, 0.15) is 11.3 Å². The third-order valence-corrected chi connectivity index (χ3v) is 5.75. The van der Waals surface area contributed by atoms with E-state index in [4.69, 9.17) is 16.3 Å². The third-order valence-electron chi connectivity index (χ3n) is 4.87. The number of ether oxygens (including phenoxy) is 1. The van der Waals surface area contributed by atoms with Gasteiger partial charge in [-0.15, -0.1) is 0 Å². The van der Waals surface area contributed by atoms with Crippen LogP contribution in [0.2, 0.25) is 5.02 Å². The van der Waals surface area contributed by atoms with Crippen LogP contribution in [0, 0.1) is 0 Å². The zero-order valence-electron chi connectivity index (χ0n) is 16.8. The van der Waals surface area contributed by atoms with Gasteiger partial charge in [-0.3, -0.25) is 4.79 Å². The zero-order chi connectivity index (χ0) is 22.4. The predicted molar refractivity (Wildman–Crippen MR) is 123 cm³/mol. The van der Waals surface area contributed by atoms with Gasteiger partial charge in [0, 0.05) is 11.6 Å². The molecule has 7 heteroatoms. The second-order valence-electron chi connectivity index (χ2n) is 6.95. The number of aromatic carboxylic acids is 1. The highest BCUT2D eigenvalue weighted by molar-refractivity contribution is 9.10. The second kappa shape index (κ2) is 10.5. The van der Waals surface area contributed by atoms with E-state index < -0.39 is 5.97 Å². The summed E-state index contributed by atoms with van der Waals surface area (Å²) in [5.74, 6) is -1.26. The fourth-order valence-corrected chi connectivity index (χ4v) is 3.79. The topological polar surface area (TPSA) is 66.8 Å². The van der Waals surface area contributed by atoms with Gasteiger partial charge in [0.25, 0.3) is 5.91 Å². The molecule has 1 atom stereocenters. The Balaban J connectivity index is 1.84. The minimum atomic E-state index is -1.13. The van der Waals surface area contributed by atoms with Gasteiger partial charge in [-0.05, 0) is 58.2 Å². The van der Waals surface area contributed by atoms with Crippen molar-refractivity contribution in [2.45, 2.75) is 19.5 Å². The molecule has 0 aliphatic rings. The fourth-order valence-electron chi connectivity index (χ4n) is 3.18. The molecule has 3 aromatic rings. The van der Waals surface area contributed by atoms with E-state index in [2.05, 4.69) is 15.9 Å². The molecule has 0 heterocycles. The van der Waals surface area contributed by atoms with Gasteiger partial charge >= 0.3 is 5.97 Å². The largest absolute Gasteiger partial charge is 0.482 e. The molecule has 0 saturated carbocycles. The number of nitrogens with zero attached hydrogens (tertiary/aromatic N) is 1. The Hall–Kier alpha value is -2.83. The van der Waals surface area contributed by atoms with Gasteiger partial charge in [-0.2, -0.15) is 0 Å². The molecule has 1 amide bonds. The van der Waals surface area contributed by atoms with Gasteiger partial charge in [0.2, 0.25) is 0 Å². The SMILES string of the molecule is C[C@H](c1ccccc1)N(Cc1ccc(Cl)cc1)C(=O)COc1c(Br)cccc1C(=O)O. The smallest absolute Gasteiger partial charge is 0.339 e. The fraction of sp³-hybridized carbons (Fsp3) is 0.167. The summed E-state index contributed by atoms with van der Waals surface area (Å²) in [6.07, 6.45) is 0. The highest BCUT2D eigenvalue weighted by atomic mass is 79.9. The van der Waals surface area contributed by atoms with Crippen molar-refractivity contribution in [3.05, 3.63) is 99.0 Å². The molecule has 0 bridgehead atoms. The number of hydrogen-bond acceptors (Lipinski definition) is 3. The number of hydrogen-bond donors (Lipinski definition) is 1. The summed E-state index contributed by atoms with van der Waals surface area (Å²) in [6.45, 7) is 2.01. The van der Waals surface area contributed by atoms with Crippen molar-refractivity contribution < 1.29 is 19.4 Å². The van der Waals surface area contributed by atoms with Crippen LogP contribution in [0.15, 0.2) is 77.3 Å². The molecule has 0 spiro atoms. The number of carbonyl (C=O) groups is 2. The first-order valence-corrected chi connectivity index (χ1v) is 10.8. The number of halogens is 2. The summed E-state index contributed by atoms with van der Waals surface area (Å²) in [5.41, 5.74) is 1.90. The molecular formula is C24H21BrClNO4. The Morgan fingerprint density at radius 2 is 1.71 bits per heavy atom. The molecule has 0 aliphatic heterocycles. The number of carboxylic acid groups (broad SMARTS) is 1. The van der Waals surface area contributed by atoms with Crippen molar-refractivity contribution in [1.82, 2.24) is 4.90 Å². The van der Waals surface area contributed by atoms with Crippen LogP contribution in [0.1, 0.15) is 34.5 Å². The average molecular weight is 503 g/mol. The van der Waals surface area contributed by atoms with Crippen molar-refractivity contribution in [3.63, 3.8) is 0 Å². The molecule has 0 aliphatic carbocycles. The molecule has 0 unspecified atom stereocenters. The Bertz CT molecular complexity index is 1060. The van der Waals surface area contributed by atoms with Crippen molar-refractivity contribution in [3.8, 4) is 5.75 Å². The average Bonchev–Trinajstić information content (AvgIpc) is 2.77. The number of rotatable bonds is 8. The lowest BCUT2D eigenvalue weighted by atomic mass is 10.1. The lowest BCUT2D eigenvalue weighted by Gasteiger charge is -2.30. The first kappa shape index (κ1) is 22.8. The van der Waals surface area contributed by atoms with Gasteiger partial charge in [-0.1, -0.05) is 60.1 Å². The molecule has 31 heavy (non-hydrogen) atoms. The summed E-state index contributed by atoms with van der Waals surface area (Å²) < 4.78 is 6.15. The van der Waals surface area contributed by atoms with Gasteiger partial charge in [0.15, 0.2) is 6.61 Å². The molecule has 0 saturated heterocycles. The normalized spacial score (nSPS) is 11.6. The Morgan fingerprint density at radius 1 is 1.03 bits per heavy atom. The van der Waals surface area contributed by atoms with Gasteiger partial charge in [0.05, 0.1) is 10.5 Å². The van der Waals surface area contributed by atoms with E-state index in [0.717, 1.165) is 11.1 Å². The Labute approximate surface area is 194 Å².